The van der Waals surface area contributed by atoms with Gasteiger partial charge in [-0.25, -0.2) is 9.97 Å². The number of anilines is 1. The summed E-state index contributed by atoms with van der Waals surface area (Å²) in [7, 11) is 3.77. The van der Waals surface area contributed by atoms with Gasteiger partial charge in [-0.2, -0.15) is 0 Å². The highest BCUT2D eigenvalue weighted by molar-refractivity contribution is 5.83. The van der Waals surface area contributed by atoms with Crippen LogP contribution in [0.1, 0.15) is 5.56 Å². The maximum absolute atomic E-state index is 7.05. The van der Waals surface area contributed by atoms with Crippen molar-refractivity contribution in [2.45, 2.75) is 0 Å². The van der Waals surface area contributed by atoms with Crippen molar-refractivity contribution in [1.82, 2.24) is 9.97 Å². The number of nitrogens with one attached hydrogen (secondary N) is 1. The summed E-state index contributed by atoms with van der Waals surface area (Å²) in [4.78, 5) is 9.67. The van der Waals surface area contributed by atoms with Crippen molar-refractivity contribution in [1.29, 1.82) is 5.41 Å². The zero-order valence-corrected chi connectivity index (χ0v) is 6.57. The van der Waals surface area contributed by atoms with E-state index >= 15 is 0 Å². The fraction of sp³-hybridized carbons (Fsp3) is 0.286. The van der Waals surface area contributed by atoms with E-state index in [0.29, 0.717) is 0 Å². The molecule has 0 bridgehead atoms. The van der Waals surface area contributed by atoms with Crippen molar-refractivity contribution in [2.24, 2.45) is 0 Å². The zero-order valence-electron chi connectivity index (χ0n) is 6.57. The predicted octanol–water partition coefficient (Wildman–Crippen LogP) is 0.540. The minimum atomic E-state index is 0.734. The lowest BCUT2D eigenvalue weighted by atomic mass is 10.3. The van der Waals surface area contributed by atoms with E-state index in [9.17, 15) is 0 Å². The Morgan fingerprint density at radius 1 is 1.55 bits per heavy atom. The van der Waals surface area contributed by atoms with Gasteiger partial charge >= 0.3 is 0 Å². The predicted molar refractivity (Wildman–Crippen MR) is 44.2 cm³/mol. The van der Waals surface area contributed by atoms with Crippen molar-refractivity contribution in [2.75, 3.05) is 19.0 Å². The highest BCUT2D eigenvalue weighted by Crippen LogP contribution is 2.09. The molecule has 4 heteroatoms. The molecule has 0 atom stereocenters. The number of aromatic nitrogens is 2. The normalized spacial score (nSPS) is 9.27. The molecule has 1 N–H and O–H groups in total. The highest BCUT2D eigenvalue weighted by Gasteiger charge is 2.01. The van der Waals surface area contributed by atoms with E-state index < -0.39 is 0 Å². The van der Waals surface area contributed by atoms with Crippen LogP contribution in [-0.4, -0.2) is 30.3 Å². The first kappa shape index (κ1) is 7.65. The van der Waals surface area contributed by atoms with E-state index in [1.165, 1.54) is 12.5 Å². The molecule has 0 aliphatic carbocycles. The molecule has 4 nitrogen and oxygen atoms in total. The summed E-state index contributed by atoms with van der Waals surface area (Å²) in [5.41, 5.74) is 0.734. The average molecular weight is 150 g/mol. The first-order valence-corrected chi connectivity index (χ1v) is 3.23. The van der Waals surface area contributed by atoms with Gasteiger partial charge in [-0.15, -0.1) is 0 Å². The zero-order chi connectivity index (χ0) is 8.27. The fourth-order valence-corrected chi connectivity index (χ4v) is 0.809. The van der Waals surface area contributed by atoms with Crippen LogP contribution in [0.4, 0.5) is 5.82 Å². The molecular weight excluding hydrogens is 140 g/mol. The second-order valence-corrected chi connectivity index (χ2v) is 2.34. The summed E-state index contributed by atoms with van der Waals surface area (Å²) in [6.45, 7) is 0. The lowest BCUT2D eigenvalue weighted by molar-refractivity contribution is 1.03. The second-order valence-electron chi connectivity index (χ2n) is 2.34. The Morgan fingerprint density at radius 2 is 2.27 bits per heavy atom. The van der Waals surface area contributed by atoms with Crippen molar-refractivity contribution in [3.05, 3.63) is 18.1 Å². The van der Waals surface area contributed by atoms with Crippen LogP contribution in [0.2, 0.25) is 0 Å². The summed E-state index contributed by atoms with van der Waals surface area (Å²) < 4.78 is 0. The van der Waals surface area contributed by atoms with Gasteiger partial charge in [0.1, 0.15) is 12.1 Å². The van der Waals surface area contributed by atoms with Crippen LogP contribution < -0.4 is 4.90 Å². The number of hydrogen-bond donors (Lipinski definition) is 1. The third-order valence-electron chi connectivity index (χ3n) is 1.30. The van der Waals surface area contributed by atoms with Gasteiger partial charge in [-0.1, -0.05) is 0 Å². The third-order valence-corrected chi connectivity index (χ3v) is 1.30. The van der Waals surface area contributed by atoms with Gasteiger partial charge in [0.05, 0.1) is 5.56 Å². The molecule has 0 saturated heterocycles. The monoisotopic (exact) mass is 150 g/mol. The smallest absolute Gasteiger partial charge is 0.140 e. The Balaban J connectivity index is 3.12. The third kappa shape index (κ3) is 1.52. The molecule has 1 aromatic rings. The van der Waals surface area contributed by atoms with E-state index in [0.717, 1.165) is 11.4 Å². The lowest BCUT2D eigenvalue weighted by Gasteiger charge is -2.11. The summed E-state index contributed by atoms with van der Waals surface area (Å²) >= 11 is 0. The van der Waals surface area contributed by atoms with E-state index in [2.05, 4.69) is 9.97 Å². The fourth-order valence-electron chi connectivity index (χ4n) is 0.809. The Labute approximate surface area is 65.4 Å². The molecule has 0 aliphatic heterocycles. The van der Waals surface area contributed by atoms with Crippen molar-refractivity contribution >= 4 is 12.0 Å². The number of rotatable bonds is 2. The average Bonchev–Trinajstić information content (AvgIpc) is 2.04. The molecular formula is C7H10N4. The van der Waals surface area contributed by atoms with Gasteiger partial charge in [-0.05, 0) is 0 Å². The standard InChI is InChI=1S/C7H10N4/c1-11(2)7-6(3-8)4-9-5-10-7/h3-5,8H,1-2H3. The van der Waals surface area contributed by atoms with E-state index in [1.54, 1.807) is 6.20 Å². The van der Waals surface area contributed by atoms with Gasteiger partial charge in [-0.3, -0.25) is 0 Å². The molecule has 0 spiro atoms. The largest absolute Gasteiger partial charge is 0.362 e. The van der Waals surface area contributed by atoms with Crippen molar-refractivity contribution < 1.29 is 0 Å². The first-order valence-electron chi connectivity index (χ1n) is 3.23. The molecule has 1 rings (SSSR count). The Hall–Kier alpha value is -1.45. The number of nitrogens with zero attached hydrogens (tertiary/aromatic N) is 3. The topological polar surface area (TPSA) is 52.9 Å². The molecule has 0 saturated carbocycles. The molecule has 1 heterocycles. The van der Waals surface area contributed by atoms with Crippen molar-refractivity contribution in [3.8, 4) is 0 Å². The molecule has 0 unspecified atom stereocenters. The SMILES string of the molecule is CN(C)c1ncncc1C=N. The minimum Gasteiger partial charge on any atom is -0.362 e. The minimum absolute atomic E-state index is 0.734. The first-order chi connectivity index (χ1) is 5.25. The second kappa shape index (κ2) is 3.09. The Bertz CT molecular complexity index is 256. The van der Waals surface area contributed by atoms with E-state index in [4.69, 9.17) is 5.41 Å². The van der Waals surface area contributed by atoms with Crippen LogP contribution in [0, 0.1) is 5.41 Å². The Kier molecular flexibility index (Phi) is 2.15. The molecule has 1 aromatic heterocycles. The molecule has 0 fully saturated rings. The van der Waals surface area contributed by atoms with Crippen LogP contribution in [0.5, 0.6) is 0 Å². The maximum atomic E-state index is 7.05. The molecule has 11 heavy (non-hydrogen) atoms. The van der Waals surface area contributed by atoms with Gasteiger partial charge < -0.3 is 10.3 Å². The van der Waals surface area contributed by atoms with Gasteiger partial charge in [0.15, 0.2) is 0 Å². The summed E-state index contributed by atoms with van der Waals surface area (Å²) in [6.07, 6.45) is 4.34. The van der Waals surface area contributed by atoms with Gasteiger partial charge in [0.25, 0.3) is 0 Å². The van der Waals surface area contributed by atoms with E-state index in [-0.39, 0.29) is 0 Å². The molecule has 0 amide bonds. The number of hydrogen-bond acceptors (Lipinski definition) is 4. The summed E-state index contributed by atoms with van der Waals surface area (Å²) in [6, 6.07) is 0. The molecule has 0 radical (unpaired) electrons. The molecule has 0 aliphatic rings. The maximum Gasteiger partial charge on any atom is 0.140 e. The van der Waals surface area contributed by atoms with Crippen LogP contribution in [0.25, 0.3) is 0 Å². The quantitative estimate of drug-likeness (QED) is 0.626. The van der Waals surface area contributed by atoms with Gasteiger partial charge in [0, 0.05) is 26.5 Å². The summed E-state index contributed by atoms with van der Waals surface area (Å²) in [5.74, 6) is 0.773. The van der Waals surface area contributed by atoms with Crippen molar-refractivity contribution in [3.63, 3.8) is 0 Å². The van der Waals surface area contributed by atoms with E-state index in [1.807, 2.05) is 19.0 Å². The van der Waals surface area contributed by atoms with Crippen LogP contribution in [0.15, 0.2) is 12.5 Å². The molecule has 0 aromatic carbocycles. The van der Waals surface area contributed by atoms with Crippen LogP contribution in [-0.2, 0) is 0 Å². The van der Waals surface area contributed by atoms with Gasteiger partial charge in [0.2, 0.25) is 0 Å². The molecule has 58 valence electrons. The highest BCUT2D eigenvalue weighted by atomic mass is 15.1. The van der Waals surface area contributed by atoms with Crippen LogP contribution in [0.3, 0.4) is 0 Å². The van der Waals surface area contributed by atoms with Crippen LogP contribution >= 0.6 is 0 Å². The lowest BCUT2D eigenvalue weighted by Crippen LogP contribution is -2.13. The Morgan fingerprint density at radius 3 is 2.73 bits per heavy atom. The summed E-state index contributed by atoms with van der Waals surface area (Å²) in [5, 5.41) is 7.05.